The normalized spacial score (nSPS) is 10.7. The molecular formula is C17H20N2O2. The fourth-order valence-electron chi connectivity index (χ4n) is 2.15. The van der Waals surface area contributed by atoms with Gasteiger partial charge in [-0.05, 0) is 48.2 Å². The van der Waals surface area contributed by atoms with Gasteiger partial charge in [0.05, 0.1) is 5.56 Å². The van der Waals surface area contributed by atoms with E-state index in [1.54, 1.807) is 12.1 Å². The Hall–Kier alpha value is -2.49. The minimum absolute atomic E-state index is 0.284. The van der Waals surface area contributed by atoms with Crippen LogP contribution in [0.25, 0.3) is 0 Å². The molecule has 2 aromatic rings. The van der Waals surface area contributed by atoms with Crippen LogP contribution in [0.5, 0.6) is 11.5 Å². The summed E-state index contributed by atoms with van der Waals surface area (Å²) in [5.74, 6) is 0.906. The monoisotopic (exact) mass is 284 g/mol. The minimum atomic E-state index is -0.559. The van der Waals surface area contributed by atoms with Gasteiger partial charge in [-0.25, -0.2) is 0 Å². The number of carbonyl (C=O) groups excluding carboxylic acids is 1. The molecule has 0 unspecified atom stereocenters. The molecule has 4 N–H and O–H groups in total. The van der Waals surface area contributed by atoms with E-state index < -0.39 is 5.91 Å². The van der Waals surface area contributed by atoms with Crippen LogP contribution in [0.1, 0.15) is 41.3 Å². The van der Waals surface area contributed by atoms with Gasteiger partial charge in [0.25, 0.3) is 5.91 Å². The zero-order chi connectivity index (χ0) is 15.6. The summed E-state index contributed by atoms with van der Waals surface area (Å²) in [5, 5.41) is 0. The lowest BCUT2D eigenvalue weighted by Crippen LogP contribution is -2.13. The summed E-state index contributed by atoms with van der Waals surface area (Å²) in [5.41, 5.74) is 14.0. The van der Waals surface area contributed by atoms with E-state index >= 15 is 0 Å². The highest BCUT2D eigenvalue weighted by molar-refractivity contribution is 5.96. The van der Waals surface area contributed by atoms with E-state index in [0.717, 1.165) is 16.9 Å². The molecule has 4 nitrogen and oxygen atoms in total. The van der Waals surface area contributed by atoms with E-state index in [1.807, 2.05) is 25.1 Å². The second-order valence-corrected chi connectivity index (χ2v) is 5.42. The molecular weight excluding hydrogens is 264 g/mol. The molecule has 0 heterocycles. The van der Waals surface area contributed by atoms with Crippen molar-refractivity contribution in [3.05, 3.63) is 53.1 Å². The van der Waals surface area contributed by atoms with Crippen LogP contribution in [0.3, 0.4) is 0 Å². The first-order chi connectivity index (χ1) is 9.88. The van der Waals surface area contributed by atoms with Crippen molar-refractivity contribution in [1.82, 2.24) is 0 Å². The lowest BCUT2D eigenvalue weighted by atomic mass is 10.0. The van der Waals surface area contributed by atoms with Gasteiger partial charge in [0.1, 0.15) is 11.5 Å². The summed E-state index contributed by atoms with van der Waals surface area (Å²) in [6, 6.07) is 10.9. The molecule has 0 fully saturated rings. The predicted molar refractivity (Wildman–Crippen MR) is 84.7 cm³/mol. The molecule has 0 aliphatic heterocycles. The van der Waals surface area contributed by atoms with Crippen LogP contribution in [0.4, 0.5) is 5.69 Å². The SMILES string of the molecule is Cc1ccc(C(C)C)c(Oc2ccc(N)cc2C(N)=O)c1. The number of nitrogen functional groups attached to an aromatic ring is 1. The largest absolute Gasteiger partial charge is 0.456 e. The van der Waals surface area contributed by atoms with Crippen molar-refractivity contribution in [2.75, 3.05) is 5.73 Å². The molecule has 0 saturated carbocycles. The average molecular weight is 284 g/mol. The number of amides is 1. The Bertz CT molecular complexity index is 678. The van der Waals surface area contributed by atoms with E-state index in [0.29, 0.717) is 17.4 Å². The summed E-state index contributed by atoms with van der Waals surface area (Å²) < 4.78 is 5.94. The number of nitrogens with two attached hydrogens (primary N) is 2. The van der Waals surface area contributed by atoms with Crippen molar-refractivity contribution in [2.45, 2.75) is 26.7 Å². The molecule has 0 aliphatic rings. The topological polar surface area (TPSA) is 78.3 Å². The quantitative estimate of drug-likeness (QED) is 0.842. The Kier molecular flexibility index (Phi) is 4.17. The number of hydrogen-bond donors (Lipinski definition) is 2. The second-order valence-electron chi connectivity index (χ2n) is 5.42. The van der Waals surface area contributed by atoms with Gasteiger partial charge in [-0.1, -0.05) is 26.0 Å². The van der Waals surface area contributed by atoms with Crippen LogP contribution < -0.4 is 16.2 Å². The number of rotatable bonds is 4. The fraction of sp³-hybridized carbons (Fsp3) is 0.235. The Morgan fingerprint density at radius 2 is 1.81 bits per heavy atom. The van der Waals surface area contributed by atoms with E-state index in [9.17, 15) is 4.79 Å². The third-order valence-corrected chi connectivity index (χ3v) is 3.28. The first-order valence-electron chi connectivity index (χ1n) is 6.86. The second kappa shape index (κ2) is 5.87. The predicted octanol–water partition coefficient (Wildman–Crippen LogP) is 3.59. The Morgan fingerprint density at radius 3 is 2.43 bits per heavy atom. The standard InChI is InChI=1S/C17H20N2O2/c1-10(2)13-6-4-11(3)8-16(13)21-15-7-5-12(18)9-14(15)17(19)20/h4-10H,18H2,1-3H3,(H2,19,20). The van der Waals surface area contributed by atoms with Gasteiger partial charge in [-0.2, -0.15) is 0 Å². The fourth-order valence-corrected chi connectivity index (χ4v) is 2.15. The van der Waals surface area contributed by atoms with Crippen LogP contribution in [-0.2, 0) is 0 Å². The van der Waals surface area contributed by atoms with E-state index in [4.69, 9.17) is 16.2 Å². The molecule has 0 saturated heterocycles. The van der Waals surface area contributed by atoms with E-state index in [2.05, 4.69) is 13.8 Å². The average Bonchev–Trinajstić information content (AvgIpc) is 2.40. The maximum absolute atomic E-state index is 11.5. The maximum atomic E-state index is 11.5. The molecule has 110 valence electrons. The number of hydrogen-bond acceptors (Lipinski definition) is 3. The zero-order valence-corrected chi connectivity index (χ0v) is 12.5. The molecule has 0 aliphatic carbocycles. The van der Waals surface area contributed by atoms with E-state index in [-0.39, 0.29) is 5.56 Å². The summed E-state index contributed by atoms with van der Waals surface area (Å²) in [4.78, 5) is 11.5. The van der Waals surface area contributed by atoms with Crippen molar-refractivity contribution < 1.29 is 9.53 Å². The van der Waals surface area contributed by atoms with Crippen LogP contribution in [0.2, 0.25) is 0 Å². The lowest BCUT2D eigenvalue weighted by Gasteiger charge is -2.16. The summed E-state index contributed by atoms with van der Waals surface area (Å²) in [6.45, 7) is 6.18. The molecule has 2 aromatic carbocycles. The van der Waals surface area contributed by atoms with Crippen molar-refractivity contribution in [1.29, 1.82) is 0 Å². The highest BCUT2D eigenvalue weighted by Crippen LogP contribution is 2.33. The molecule has 1 amide bonds. The van der Waals surface area contributed by atoms with Gasteiger partial charge in [0.15, 0.2) is 0 Å². The Balaban J connectivity index is 2.47. The van der Waals surface area contributed by atoms with Gasteiger partial charge >= 0.3 is 0 Å². The molecule has 0 spiro atoms. The van der Waals surface area contributed by atoms with Crippen LogP contribution in [0, 0.1) is 6.92 Å². The number of benzene rings is 2. The third-order valence-electron chi connectivity index (χ3n) is 3.28. The summed E-state index contributed by atoms with van der Waals surface area (Å²) in [7, 11) is 0. The van der Waals surface area contributed by atoms with Crippen molar-refractivity contribution >= 4 is 11.6 Å². The first-order valence-corrected chi connectivity index (χ1v) is 6.86. The molecule has 0 atom stereocenters. The highest BCUT2D eigenvalue weighted by atomic mass is 16.5. The smallest absolute Gasteiger partial charge is 0.252 e. The van der Waals surface area contributed by atoms with Gasteiger partial charge in [0, 0.05) is 5.69 Å². The van der Waals surface area contributed by atoms with Gasteiger partial charge in [-0.15, -0.1) is 0 Å². The summed E-state index contributed by atoms with van der Waals surface area (Å²) >= 11 is 0. The molecule has 21 heavy (non-hydrogen) atoms. The molecule has 2 rings (SSSR count). The van der Waals surface area contributed by atoms with Crippen molar-refractivity contribution in [2.24, 2.45) is 5.73 Å². The summed E-state index contributed by atoms with van der Waals surface area (Å²) in [6.07, 6.45) is 0. The van der Waals surface area contributed by atoms with E-state index in [1.165, 1.54) is 6.07 Å². The third kappa shape index (κ3) is 3.34. The lowest BCUT2D eigenvalue weighted by molar-refractivity contribution is 0.0998. The molecule has 0 aromatic heterocycles. The zero-order valence-electron chi connectivity index (χ0n) is 12.5. The highest BCUT2D eigenvalue weighted by Gasteiger charge is 2.14. The minimum Gasteiger partial charge on any atom is -0.456 e. The van der Waals surface area contributed by atoms with Gasteiger partial charge in [-0.3, -0.25) is 4.79 Å². The van der Waals surface area contributed by atoms with Crippen LogP contribution in [-0.4, -0.2) is 5.91 Å². The number of carbonyl (C=O) groups is 1. The number of ether oxygens (including phenoxy) is 1. The molecule has 4 heteroatoms. The van der Waals surface area contributed by atoms with Gasteiger partial charge < -0.3 is 16.2 Å². The maximum Gasteiger partial charge on any atom is 0.252 e. The molecule has 0 bridgehead atoms. The molecule has 0 radical (unpaired) electrons. The van der Waals surface area contributed by atoms with Crippen molar-refractivity contribution in [3.63, 3.8) is 0 Å². The Morgan fingerprint density at radius 1 is 1.10 bits per heavy atom. The first kappa shape index (κ1) is 14.9. The number of anilines is 1. The van der Waals surface area contributed by atoms with Crippen LogP contribution >= 0.6 is 0 Å². The van der Waals surface area contributed by atoms with Gasteiger partial charge in [0.2, 0.25) is 0 Å². The van der Waals surface area contributed by atoms with Crippen LogP contribution in [0.15, 0.2) is 36.4 Å². The number of aryl methyl sites for hydroxylation is 1. The van der Waals surface area contributed by atoms with Crippen molar-refractivity contribution in [3.8, 4) is 11.5 Å². The Labute approximate surface area is 124 Å². The number of primary amides is 1.